The third kappa shape index (κ3) is 7.01. The van der Waals surface area contributed by atoms with Gasteiger partial charge in [-0.05, 0) is 72.8 Å². The predicted molar refractivity (Wildman–Crippen MR) is 162 cm³/mol. The summed E-state index contributed by atoms with van der Waals surface area (Å²) in [6, 6.07) is 11.5. The molecule has 1 aliphatic rings. The van der Waals surface area contributed by atoms with Gasteiger partial charge in [-0.15, -0.1) is 5.10 Å². The third-order valence-corrected chi connectivity index (χ3v) is 7.97. The molecule has 0 saturated carbocycles. The first kappa shape index (κ1) is 30.0. The van der Waals surface area contributed by atoms with Gasteiger partial charge >= 0.3 is 5.97 Å². The molecule has 1 unspecified atom stereocenters. The van der Waals surface area contributed by atoms with Gasteiger partial charge in [-0.3, -0.25) is 0 Å². The monoisotopic (exact) mass is 628 g/mol. The summed E-state index contributed by atoms with van der Waals surface area (Å²) in [4.78, 5) is 18.2. The number of hydrogen-bond donors (Lipinski definition) is 1. The fraction of sp³-hybridized carbons (Fsp3) is 0.433. The van der Waals surface area contributed by atoms with E-state index >= 15 is 0 Å². The molecular formula is C30H37BrN4O4S. The molecule has 40 heavy (non-hydrogen) atoms. The highest BCUT2D eigenvalue weighted by atomic mass is 79.9. The lowest BCUT2D eigenvalue weighted by Gasteiger charge is -2.29. The van der Waals surface area contributed by atoms with E-state index in [0.717, 1.165) is 40.6 Å². The van der Waals surface area contributed by atoms with E-state index in [0.29, 0.717) is 53.7 Å². The quantitative estimate of drug-likeness (QED) is 0.118. The maximum atomic E-state index is 13.5. The molecule has 1 aromatic heterocycles. The van der Waals surface area contributed by atoms with Crippen LogP contribution in [0.2, 0.25) is 0 Å². The summed E-state index contributed by atoms with van der Waals surface area (Å²) >= 11 is 5.31. The van der Waals surface area contributed by atoms with Crippen molar-refractivity contribution < 1.29 is 19.0 Å². The lowest BCUT2D eigenvalue weighted by Crippen LogP contribution is -2.30. The Morgan fingerprint density at radius 3 is 2.67 bits per heavy atom. The van der Waals surface area contributed by atoms with Crippen molar-refractivity contribution in [3.8, 4) is 11.5 Å². The molecule has 0 radical (unpaired) electrons. The van der Waals surface area contributed by atoms with Gasteiger partial charge in [0.1, 0.15) is 12.6 Å². The van der Waals surface area contributed by atoms with Gasteiger partial charge in [0.15, 0.2) is 11.5 Å². The van der Waals surface area contributed by atoms with E-state index in [2.05, 4.69) is 54.2 Å². The topological polar surface area (TPSA) is 87.5 Å². The zero-order valence-electron chi connectivity index (χ0n) is 23.8. The number of carbonyl (C=O) groups excluding carboxylic acids is 1. The second-order valence-corrected chi connectivity index (χ2v) is 11.5. The number of fused-ring (bicyclic) bond motifs is 1. The lowest BCUT2D eigenvalue weighted by molar-refractivity contribution is -0.139. The van der Waals surface area contributed by atoms with Gasteiger partial charge in [-0.1, -0.05) is 61.9 Å². The SMILES string of the molecule is CCCCOC(=O)C1=C(C)Nc2nc(SCCC)nn2C1c1cc(Br)c(OCc2cccc(C)c2)c(OCC)c1. The Morgan fingerprint density at radius 2 is 1.95 bits per heavy atom. The maximum absolute atomic E-state index is 13.5. The molecule has 0 spiro atoms. The van der Waals surface area contributed by atoms with Crippen molar-refractivity contribution in [1.29, 1.82) is 0 Å². The highest BCUT2D eigenvalue weighted by Crippen LogP contribution is 2.43. The Kier molecular flexibility index (Phi) is 10.6. The molecule has 8 nitrogen and oxygen atoms in total. The van der Waals surface area contributed by atoms with Gasteiger partial charge in [0, 0.05) is 11.4 Å². The van der Waals surface area contributed by atoms with Crippen molar-refractivity contribution in [3.05, 3.63) is 68.8 Å². The number of aromatic nitrogens is 3. The molecule has 10 heteroatoms. The summed E-state index contributed by atoms with van der Waals surface area (Å²) in [6.07, 6.45) is 2.74. The van der Waals surface area contributed by atoms with E-state index < -0.39 is 6.04 Å². The average Bonchev–Trinajstić information content (AvgIpc) is 3.33. The van der Waals surface area contributed by atoms with Crippen LogP contribution in [0.5, 0.6) is 11.5 Å². The van der Waals surface area contributed by atoms with Gasteiger partial charge < -0.3 is 19.5 Å². The number of nitrogens with zero attached hydrogens (tertiary/aromatic N) is 3. The van der Waals surface area contributed by atoms with Crippen molar-refractivity contribution >= 4 is 39.6 Å². The normalized spacial score (nSPS) is 14.5. The van der Waals surface area contributed by atoms with E-state index in [4.69, 9.17) is 24.3 Å². The van der Waals surface area contributed by atoms with Crippen molar-refractivity contribution in [2.75, 3.05) is 24.3 Å². The minimum Gasteiger partial charge on any atom is -0.490 e. The molecule has 214 valence electrons. The molecule has 1 N–H and O–H groups in total. The average molecular weight is 630 g/mol. The number of anilines is 1. The molecule has 2 heterocycles. The number of thioether (sulfide) groups is 1. The Morgan fingerprint density at radius 1 is 1.12 bits per heavy atom. The van der Waals surface area contributed by atoms with E-state index in [9.17, 15) is 4.79 Å². The van der Waals surface area contributed by atoms with Crippen LogP contribution in [0.25, 0.3) is 0 Å². The Hall–Kier alpha value is -2.98. The first-order valence-electron chi connectivity index (χ1n) is 13.7. The van der Waals surface area contributed by atoms with Crippen LogP contribution in [0.4, 0.5) is 5.95 Å². The first-order valence-corrected chi connectivity index (χ1v) is 15.5. The molecule has 0 aliphatic carbocycles. The largest absolute Gasteiger partial charge is 0.490 e. The second-order valence-electron chi connectivity index (χ2n) is 9.61. The number of carbonyl (C=O) groups is 1. The van der Waals surface area contributed by atoms with Crippen molar-refractivity contribution in [3.63, 3.8) is 0 Å². The number of halogens is 1. The fourth-order valence-electron chi connectivity index (χ4n) is 4.45. The summed E-state index contributed by atoms with van der Waals surface area (Å²) in [5, 5.41) is 8.73. The Labute approximate surface area is 249 Å². The van der Waals surface area contributed by atoms with E-state index in [1.165, 1.54) is 5.56 Å². The summed E-state index contributed by atoms with van der Waals surface area (Å²) < 4.78 is 20.5. The van der Waals surface area contributed by atoms with Crippen LogP contribution in [0.15, 0.2) is 57.3 Å². The standard InChI is InChI=1S/C30H37BrN4O4S/c1-6-9-13-38-28(36)25-20(5)32-29-33-30(40-14-7-2)34-35(29)26(25)22-16-23(31)27(24(17-22)37-8-3)39-18-21-12-10-11-19(4)15-21/h10-12,15-17,26H,6-9,13-14,18H2,1-5H3,(H,32,33,34). The van der Waals surface area contributed by atoms with Crippen LogP contribution in [0.1, 0.15) is 69.7 Å². The zero-order chi connectivity index (χ0) is 28.6. The van der Waals surface area contributed by atoms with E-state index in [1.807, 2.05) is 38.1 Å². The van der Waals surface area contributed by atoms with Crippen molar-refractivity contribution in [2.24, 2.45) is 0 Å². The summed E-state index contributed by atoms with van der Waals surface area (Å²) in [5.41, 5.74) is 4.22. The predicted octanol–water partition coefficient (Wildman–Crippen LogP) is 7.46. The number of ether oxygens (including phenoxy) is 3. The van der Waals surface area contributed by atoms with E-state index in [-0.39, 0.29) is 5.97 Å². The van der Waals surface area contributed by atoms with Gasteiger partial charge in [0.25, 0.3) is 0 Å². The van der Waals surface area contributed by atoms with Gasteiger partial charge in [-0.25, -0.2) is 9.48 Å². The fourth-order valence-corrected chi connectivity index (χ4v) is 5.71. The minimum atomic E-state index is -0.560. The summed E-state index contributed by atoms with van der Waals surface area (Å²) in [7, 11) is 0. The zero-order valence-corrected chi connectivity index (χ0v) is 26.2. The number of hydrogen-bond acceptors (Lipinski definition) is 8. The highest BCUT2D eigenvalue weighted by molar-refractivity contribution is 9.10. The van der Waals surface area contributed by atoms with E-state index in [1.54, 1.807) is 16.4 Å². The third-order valence-electron chi connectivity index (χ3n) is 6.33. The van der Waals surface area contributed by atoms with Crippen LogP contribution in [0.3, 0.4) is 0 Å². The highest BCUT2D eigenvalue weighted by Gasteiger charge is 2.36. The number of esters is 1. The molecule has 1 atom stereocenters. The second kappa shape index (κ2) is 14.1. The first-order chi connectivity index (χ1) is 19.4. The number of unbranched alkanes of at least 4 members (excludes halogenated alkanes) is 1. The number of rotatable bonds is 13. The molecular weight excluding hydrogens is 592 g/mol. The molecule has 2 aromatic carbocycles. The summed E-state index contributed by atoms with van der Waals surface area (Å²) in [5.74, 6) is 2.30. The van der Waals surface area contributed by atoms with Crippen molar-refractivity contribution in [1.82, 2.24) is 14.8 Å². The number of nitrogens with one attached hydrogen (secondary N) is 1. The molecule has 1 aliphatic heterocycles. The van der Waals surface area contributed by atoms with Gasteiger partial charge in [0.05, 0.1) is 23.3 Å². The minimum absolute atomic E-state index is 0.361. The molecule has 0 fully saturated rings. The van der Waals surface area contributed by atoms with Crippen LogP contribution < -0.4 is 14.8 Å². The van der Waals surface area contributed by atoms with Gasteiger partial charge in [-0.2, -0.15) is 4.98 Å². The molecule has 0 bridgehead atoms. The molecule has 0 saturated heterocycles. The van der Waals surface area contributed by atoms with Crippen LogP contribution in [0, 0.1) is 6.92 Å². The number of allylic oxidation sites excluding steroid dienone is 1. The number of benzene rings is 2. The van der Waals surface area contributed by atoms with Gasteiger partial charge in [0.2, 0.25) is 11.1 Å². The summed E-state index contributed by atoms with van der Waals surface area (Å²) in [6.45, 7) is 11.3. The van der Waals surface area contributed by atoms with Crippen molar-refractivity contribution in [2.45, 2.75) is 71.7 Å². The Balaban J connectivity index is 1.75. The van der Waals surface area contributed by atoms with Crippen LogP contribution >= 0.6 is 27.7 Å². The maximum Gasteiger partial charge on any atom is 0.338 e. The van der Waals surface area contributed by atoms with Crippen LogP contribution in [-0.2, 0) is 16.1 Å². The lowest BCUT2D eigenvalue weighted by atomic mass is 9.95. The number of aryl methyl sites for hydroxylation is 1. The molecule has 3 aromatic rings. The van der Waals surface area contributed by atoms with Crippen LogP contribution in [-0.4, -0.2) is 39.7 Å². The smallest absolute Gasteiger partial charge is 0.338 e. The Bertz CT molecular complexity index is 1370. The molecule has 4 rings (SSSR count). The molecule has 0 amide bonds.